The Labute approximate surface area is 142 Å². The molecule has 24 heavy (non-hydrogen) atoms. The van der Waals surface area contributed by atoms with Gasteiger partial charge in [0.25, 0.3) is 0 Å². The van der Waals surface area contributed by atoms with Gasteiger partial charge in [0.2, 0.25) is 0 Å². The number of piperidine rings is 1. The van der Waals surface area contributed by atoms with Gasteiger partial charge in [-0.1, -0.05) is 6.07 Å². The summed E-state index contributed by atoms with van der Waals surface area (Å²) in [6, 6.07) is 4.74. The molecule has 2 bridgehead atoms. The Hall–Kier alpha value is -1.81. The lowest BCUT2D eigenvalue weighted by Crippen LogP contribution is -2.63. The van der Waals surface area contributed by atoms with Crippen molar-refractivity contribution in [1.29, 1.82) is 0 Å². The van der Waals surface area contributed by atoms with Crippen molar-refractivity contribution in [2.45, 2.75) is 43.7 Å². The predicted molar refractivity (Wildman–Crippen MR) is 90.7 cm³/mol. The van der Waals surface area contributed by atoms with E-state index >= 15 is 0 Å². The van der Waals surface area contributed by atoms with Crippen molar-refractivity contribution in [3.63, 3.8) is 0 Å². The molecule has 4 unspecified atom stereocenters. The molecular weight excluding hydrogens is 302 g/mol. The first kappa shape index (κ1) is 14.5. The molecule has 2 heterocycles. The zero-order chi connectivity index (χ0) is 16.6. The largest absolute Gasteiger partial charge is 0.493 e. The minimum absolute atomic E-state index is 0.0214. The number of nitrogens with zero attached hydrogens (tertiary/aromatic N) is 1. The highest BCUT2D eigenvalue weighted by Gasteiger charge is 2.63. The molecule has 2 aliphatic heterocycles. The van der Waals surface area contributed by atoms with E-state index in [-0.39, 0.29) is 17.3 Å². The molecule has 0 aromatic heterocycles. The second-order valence-electron chi connectivity index (χ2n) is 7.77. The van der Waals surface area contributed by atoms with E-state index < -0.39 is 0 Å². The van der Waals surface area contributed by atoms with Gasteiger partial charge in [-0.05, 0) is 69.0 Å². The number of benzene rings is 1. The van der Waals surface area contributed by atoms with Gasteiger partial charge >= 0.3 is 0 Å². The molecule has 1 aromatic rings. The number of rotatable bonds is 2. The molecule has 1 spiro atoms. The Morgan fingerprint density at radius 3 is 2.96 bits per heavy atom. The molecule has 1 fully saturated rings. The summed E-state index contributed by atoms with van der Waals surface area (Å²) in [7, 11) is 3.93. The van der Waals surface area contributed by atoms with Crippen LogP contribution in [-0.2, 0) is 16.6 Å². The third-order valence-electron chi connectivity index (χ3n) is 6.89. The number of ether oxygens (including phenoxy) is 2. The number of hydrogen-bond donors (Lipinski definition) is 0. The summed E-state index contributed by atoms with van der Waals surface area (Å²) < 4.78 is 12.0. The average Bonchev–Trinajstić information content (AvgIpc) is 2.91. The van der Waals surface area contributed by atoms with Gasteiger partial charge in [-0.3, -0.25) is 4.79 Å². The summed E-state index contributed by atoms with van der Waals surface area (Å²) in [5.74, 6) is 2.38. The quantitative estimate of drug-likeness (QED) is 0.837. The Balaban J connectivity index is 1.79. The molecule has 5 rings (SSSR count). The van der Waals surface area contributed by atoms with E-state index in [0.717, 1.165) is 42.9 Å². The van der Waals surface area contributed by atoms with Gasteiger partial charge in [-0.25, -0.2) is 0 Å². The van der Waals surface area contributed by atoms with E-state index in [1.165, 1.54) is 11.1 Å². The van der Waals surface area contributed by atoms with Crippen molar-refractivity contribution < 1.29 is 14.3 Å². The van der Waals surface area contributed by atoms with Crippen molar-refractivity contribution in [1.82, 2.24) is 4.90 Å². The Morgan fingerprint density at radius 1 is 1.38 bits per heavy atom. The third kappa shape index (κ3) is 1.55. The van der Waals surface area contributed by atoms with Gasteiger partial charge in [0, 0.05) is 17.0 Å². The molecule has 0 saturated carbocycles. The van der Waals surface area contributed by atoms with Gasteiger partial charge in [0.1, 0.15) is 6.10 Å². The molecule has 0 N–H and O–H groups in total. The normalized spacial score (nSPS) is 35.8. The van der Waals surface area contributed by atoms with Gasteiger partial charge in [-0.15, -0.1) is 0 Å². The van der Waals surface area contributed by atoms with Crippen LogP contribution in [0.4, 0.5) is 0 Å². The first-order chi connectivity index (χ1) is 11.6. The lowest BCUT2D eigenvalue weighted by molar-refractivity contribution is -0.114. The van der Waals surface area contributed by atoms with E-state index in [9.17, 15) is 4.79 Å². The maximum atomic E-state index is 12.1. The van der Waals surface area contributed by atoms with Gasteiger partial charge in [0.05, 0.1) is 7.11 Å². The van der Waals surface area contributed by atoms with Crippen LogP contribution in [0.3, 0.4) is 0 Å². The van der Waals surface area contributed by atoms with Crippen LogP contribution < -0.4 is 9.47 Å². The molecule has 1 saturated heterocycles. The van der Waals surface area contributed by atoms with Gasteiger partial charge in [0.15, 0.2) is 17.3 Å². The van der Waals surface area contributed by atoms with E-state index in [1.54, 1.807) is 14.0 Å². The SMILES string of the molecule is COc1ccc2c3c1OC1C=C(C(C)=O)CC4C(C2)N(C)CCC314. The second kappa shape index (κ2) is 4.63. The lowest BCUT2D eigenvalue weighted by atomic mass is 9.52. The summed E-state index contributed by atoms with van der Waals surface area (Å²) >= 11 is 0. The standard InChI is InChI=1S/C20H23NO3/c1-11(22)13-8-14-15-9-12-4-5-16(23-3)19-18(12)20(14,6-7-21(15)2)17(10-13)24-19/h4-5,10,14-15,17H,6-9H2,1-3H3. The van der Waals surface area contributed by atoms with Crippen LogP contribution in [0.1, 0.15) is 30.9 Å². The summed E-state index contributed by atoms with van der Waals surface area (Å²) in [5, 5.41) is 0. The van der Waals surface area contributed by atoms with Crippen LogP contribution in [0.15, 0.2) is 23.8 Å². The zero-order valence-electron chi connectivity index (χ0n) is 14.5. The smallest absolute Gasteiger partial charge is 0.166 e. The van der Waals surface area contributed by atoms with Crippen LogP contribution in [0.25, 0.3) is 0 Å². The fourth-order valence-corrected chi connectivity index (χ4v) is 5.74. The molecule has 1 aromatic carbocycles. The number of Topliss-reactive ketones (excluding diaryl/α,β-unsaturated/α-hetero) is 1. The molecule has 0 radical (unpaired) electrons. The van der Waals surface area contributed by atoms with E-state index in [4.69, 9.17) is 9.47 Å². The molecule has 4 atom stereocenters. The highest BCUT2D eigenvalue weighted by atomic mass is 16.5. The van der Waals surface area contributed by atoms with Crippen molar-refractivity contribution in [3.05, 3.63) is 34.9 Å². The Kier molecular flexibility index (Phi) is 2.80. The summed E-state index contributed by atoms with van der Waals surface area (Å²) in [4.78, 5) is 14.6. The number of methoxy groups -OCH3 is 1. The Bertz CT molecular complexity index is 783. The topological polar surface area (TPSA) is 38.8 Å². The van der Waals surface area contributed by atoms with E-state index in [1.807, 2.05) is 6.07 Å². The number of likely N-dealkylation sites (N-methyl/N-ethyl adjacent to an activating group) is 1. The summed E-state index contributed by atoms with van der Waals surface area (Å²) in [6.07, 6.45) is 5.08. The third-order valence-corrected chi connectivity index (χ3v) is 6.89. The fourth-order valence-electron chi connectivity index (χ4n) is 5.74. The number of hydrogen-bond acceptors (Lipinski definition) is 4. The monoisotopic (exact) mass is 325 g/mol. The number of carbonyl (C=O) groups is 1. The van der Waals surface area contributed by atoms with Gasteiger partial charge < -0.3 is 14.4 Å². The van der Waals surface area contributed by atoms with Crippen LogP contribution in [-0.4, -0.2) is 43.5 Å². The molecule has 4 heteroatoms. The number of carbonyl (C=O) groups excluding carboxylic acids is 1. The second-order valence-corrected chi connectivity index (χ2v) is 7.77. The van der Waals surface area contributed by atoms with Crippen LogP contribution in [0, 0.1) is 5.92 Å². The lowest BCUT2D eigenvalue weighted by Gasteiger charge is -2.56. The van der Waals surface area contributed by atoms with Crippen LogP contribution in [0.5, 0.6) is 11.5 Å². The van der Waals surface area contributed by atoms with E-state index in [2.05, 4.69) is 24.1 Å². The fraction of sp³-hybridized carbons (Fsp3) is 0.550. The van der Waals surface area contributed by atoms with Crippen LogP contribution >= 0.6 is 0 Å². The maximum Gasteiger partial charge on any atom is 0.166 e. The minimum atomic E-state index is -0.0308. The highest BCUT2D eigenvalue weighted by molar-refractivity contribution is 5.94. The first-order valence-electron chi connectivity index (χ1n) is 8.85. The van der Waals surface area contributed by atoms with Crippen molar-refractivity contribution >= 4 is 5.78 Å². The number of allylic oxidation sites excluding steroid dienone is 1. The van der Waals surface area contributed by atoms with Crippen molar-refractivity contribution in [2.24, 2.45) is 5.92 Å². The maximum absolute atomic E-state index is 12.1. The van der Waals surface area contributed by atoms with Crippen molar-refractivity contribution in [2.75, 3.05) is 20.7 Å². The summed E-state index contributed by atoms with van der Waals surface area (Å²) in [6.45, 7) is 2.76. The molecular formula is C20H23NO3. The highest BCUT2D eigenvalue weighted by Crippen LogP contribution is 2.63. The molecule has 126 valence electrons. The predicted octanol–water partition coefficient (Wildman–Crippen LogP) is 2.49. The molecule has 4 aliphatic rings. The molecule has 2 aliphatic carbocycles. The summed E-state index contributed by atoms with van der Waals surface area (Å²) in [5.41, 5.74) is 3.74. The minimum Gasteiger partial charge on any atom is -0.493 e. The number of ketones is 1. The first-order valence-corrected chi connectivity index (χ1v) is 8.85. The average molecular weight is 325 g/mol. The number of likely N-dealkylation sites (tertiary alicyclic amines) is 1. The molecule has 0 amide bonds. The van der Waals surface area contributed by atoms with E-state index in [0.29, 0.717) is 12.0 Å². The van der Waals surface area contributed by atoms with Crippen LogP contribution in [0.2, 0.25) is 0 Å². The van der Waals surface area contributed by atoms with Crippen molar-refractivity contribution in [3.8, 4) is 11.5 Å². The van der Waals surface area contributed by atoms with Gasteiger partial charge in [-0.2, -0.15) is 0 Å². The molecule has 4 nitrogen and oxygen atoms in total. The zero-order valence-corrected chi connectivity index (χ0v) is 14.5. The Morgan fingerprint density at radius 2 is 2.21 bits per heavy atom.